The Balaban J connectivity index is 1.28. The average Bonchev–Trinajstić information content (AvgIpc) is 3.76. The van der Waals surface area contributed by atoms with Crippen LogP contribution in [0.5, 0.6) is 0 Å². The van der Waals surface area contributed by atoms with Crippen LogP contribution in [0, 0.1) is 12.8 Å². The molecule has 3 fully saturated rings. The van der Waals surface area contributed by atoms with E-state index in [0.717, 1.165) is 68.4 Å². The van der Waals surface area contributed by atoms with Crippen LogP contribution < -0.4 is 5.32 Å². The van der Waals surface area contributed by atoms with Crippen LogP contribution in [0.25, 0.3) is 16.9 Å². The molecule has 2 saturated carbocycles. The Hall–Kier alpha value is -3.29. The van der Waals surface area contributed by atoms with E-state index in [-0.39, 0.29) is 17.9 Å². The van der Waals surface area contributed by atoms with Crippen LogP contribution in [0.2, 0.25) is 0 Å². The number of hydrogen-bond acceptors (Lipinski definition) is 5. The predicted molar refractivity (Wildman–Crippen MR) is 123 cm³/mol. The van der Waals surface area contributed by atoms with Gasteiger partial charge in [-0.3, -0.25) is 9.59 Å². The van der Waals surface area contributed by atoms with Crippen molar-refractivity contribution >= 4 is 22.8 Å². The Morgan fingerprint density at radius 1 is 1.06 bits per heavy atom. The smallest absolute Gasteiger partial charge is 0.252 e. The molecule has 2 amide bonds. The molecule has 8 nitrogen and oxygen atoms in total. The van der Waals surface area contributed by atoms with E-state index in [1.807, 2.05) is 36.1 Å². The third-order valence-corrected chi connectivity index (χ3v) is 7.01. The minimum absolute atomic E-state index is 0.0690. The monoisotopic (exact) mass is 444 g/mol. The number of pyridine rings is 2. The van der Waals surface area contributed by atoms with E-state index in [0.29, 0.717) is 28.9 Å². The summed E-state index contributed by atoms with van der Waals surface area (Å²) < 4.78 is 1.75. The lowest BCUT2D eigenvalue weighted by molar-refractivity contribution is -0.133. The lowest BCUT2D eigenvalue weighted by atomic mass is 10.0. The summed E-state index contributed by atoms with van der Waals surface area (Å²) in [6.45, 7) is 3.35. The number of fused-ring (bicyclic) bond motifs is 1. The number of aromatic nitrogens is 4. The predicted octanol–water partition coefficient (Wildman–Crippen LogP) is 3.13. The van der Waals surface area contributed by atoms with Crippen molar-refractivity contribution in [2.75, 3.05) is 13.1 Å². The Bertz CT molecular complexity index is 1220. The number of nitrogens with one attached hydrogen (secondary N) is 1. The molecule has 0 bridgehead atoms. The van der Waals surface area contributed by atoms with Crippen LogP contribution in [0.1, 0.15) is 66.2 Å². The summed E-state index contributed by atoms with van der Waals surface area (Å²) in [6, 6.07) is 7.71. The van der Waals surface area contributed by atoms with Crippen molar-refractivity contribution in [2.45, 2.75) is 57.4 Å². The molecular weight excluding hydrogens is 416 g/mol. The van der Waals surface area contributed by atoms with Gasteiger partial charge in [0.05, 0.1) is 16.6 Å². The van der Waals surface area contributed by atoms with Gasteiger partial charge in [-0.05, 0) is 63.6 Å². The topological polar surface area (TPSA) is 93.0 Å². The summed E-state index contributed by atoms with van der Waals surface area (Å²) in [5, 5.41) is 8.71. The molecule has 0 atom stereocenters. The van der Waals surface area contributed by atoms with Crippen molar-refractivity contribution in [3.8, 4) is 5.82 Å². The third kappa shape index (κ3) is 3.87. The minimum Gasteiger partial charge on any atom is -0.349 e. The van der Waals surface area contributed by atoms with Crippen molar-refractivity contribution in [1.82, 2.24) is 30.0 Å². The van der Waals surface area contributed by atoms with Gasteiger partial charge in [0, 0.05) is 42.9 Å². The fourth-order valence-corrected chi connectivity index (χ4v) is 4.81. The maximum atomic E-state index is 13.5. The Kier molecular flexibility index (Phi) is 4.89. The van der Waals surface area contributed by atoms with E-state index in [2.05, 4.69) is 15.4 Å². The van der Waals surface area contributed by atoms with E-state index in [1.54, 1.807) is 10.9 Å². The SMILES string of the molecule is Cc1nn(-c2ccccn2)c2nc(C3CC3)cc(C(=O)NC3CCN(C(=O)C4CC4)CC3)c12. The lowest BCUT2D eigenvalue weighted by Gasteiger charge is -2.32. The van der Waals surface area contributed by atoms with Crippen LogP contribution in [0.15, 0.2) is 30.5 Å². The summed E-state index contributed by atoms with van der Waals surface area (Å²) in [6.07, 6.45) is 7.58. The molecule has 33 heavy (non-hydrogen) atoms. The summed E-state index contributed by atoms with van der Waals surface area (Å²) in [7, 11) is 0. The zero-order valence-electron chi connectivity index (χ0n) is 18.8. The molecular formula is C25H28N6O2. The Labute approximate surface area is 192 Å². The first-order valence-electron chi connectivity index (χ1n) is 12.0. The van der Waals surface area contributed by atoms with E-state index in [4.69, 9.17) is 4.98 Å². The van der Waals surface area contributed by atoms with E-state index >= 15 is 0 Å². The highest BCUT2D eigenvalue weighted by atomic mass is 16.2. The molecule has 170 valence electrons. The first-order chi connectivity index (χ1) is 16.1. The number of carbonyl (C=O) groups excluding carboxylic acids is 2. The Morgan fingerprint density at radius 3 is 2.52 bits per heavy atom. The maximum absolute atomic E-state index is 13.5. The molecule has 4 heterocycles. The first-order valence-corrected chi connectivity index (χ1v) is 12.0. The van der Waals surface area contributed by atoms with Gasteiger partial charge in [-0.2, -0.15) is 9.78 Å². The number of carbonyl (C=O) groups is 2. The fourth-order valence-electron chi connectivity index (χ4n) is 4.81. The number of aryl methyl sites for hydroxylation is 1. The van der Waals surface area contributed by atoms with Crippen LogP contribution in [0.4, 0.5) is 0 Å². The summed E-state index contributed by atoms with van der Waals surface area (Å²) >= 11 is 0. The van der Waals surface area contributed by atoms with E-state index < -0.39 is 0 Å². The lowest BCUT2D eigenvalue weighted by Crippen LogP contribution is -2.47. The second-order valence-corrected chi connectivity index (χ2v) is 9.60. The van der Waals surface area contributed by atoms with Gasteiger partial charge >= 0.3 is 0 Å². The van der Waals surface area contributed by atoms with Crippen LogP contribution in [-0.4, -0.2) is 55.6 Å². The molecule has 1 aliphatic heterocycles. The van der Waals surface area contributed by atoms with Crippen LogP contribution >= 0.6 is 0 Å². The molecule has 0 unspecified atom stereocenters. The highest BCUT2D eigenvalue weighted by molar-refractivity contribution is 6.07. The normalized spacial score (nSPS) is 19.1. The van der Waals surface area contributed by atoms with Crippen LogP contribution in [-0.2, 0) is 4.79 Å². The second kappa shape index (κ2) is 7.93. The van der Waals surface area contributed by atoms with Crippen molar-refractivity contribution in [3.05, 3.63) is 47.4 Å². The summed E-state index contributed by atoms with van der Waals surface area (Å²) in [5.41, 5.74) is 3.04. The van der Waals surface area contributed by atoms with Gasteiger partial charge < -0.3 is 10.2 Å². The quantitative estimate of drug-likeness (QED) is 0.653. The van der Waals surface area contributed by atoms with E-state index in [1.165, 1.54) is 0 Å². The third-order valence-electron chi connectivity index (χ3n) is 7.01. The molecule has 1 saturated heterocycles. The van der Waals surface area contributed by atoms with Crippen LogP contribution in [0.3, 0.4) is 0 Å². The molecule has 3 aliphatic rings. The summed E-state index contributed by atoms with van der Waals surface area (Å²) in [5.74, 6) is 1.56. The molecule has 3 aromatic rings. The highest BCUT2D eigenvalue weighted by Gasteiger charge is 2.35. The molecule has 0 radical (unpaired) electrons. The van der Waals surface area contributed by atoms with Crippen molar-refractivity contribution in [2.24, 2.45) is 5.92 Å². The molecule has 3 aromatic heterocycles. The Morgan fingerprint density at radius 2 is 1.85 bits per heavy atom. The standard InChI is InChI=1S/C25H28N6O2/c1-15-22-19(24(32)27-18-9-12-30(13-10-18)25(33)17-7-8-17)14-20(16-5-6-16)28-23(22)31(29-15)21-4-2-3-11-26-21/h2-4,11,14,16-18H,5-10,12-13H2,1H3,(H,27,32). The van der Waals surface area contributed by atoms with Gasteiger partial charge in [0.15, 0.2) is 11.5 Å². The highest BCUT2D eigenvalue weighted by Crippen LogP contribution is 2.40. The van der Waals surface area contributed by atoms with Gasteiger partial charge in [-0.1, -0.05) is 6.07 Å². The largest absolute Gasteiger partial charge is 0.349 e. The number of piperidine rings is 1. The zero-order chi connectivity index (χ0) is 22.5. The molecule has 2 aliphatic carbocycles. The fraction of sp³-hybridized carbons (Fsp3) is 0.480. The molecule has 0 aromatic carbocycles. The zero-order valence-corrected chi connectivity index (χ0v) is 18.8. The maximum Gasteiger partial charge on any atom is 0.252 e. The van der Waals surface area contributed by atoms with E-state index in [9.17, 15) is 9.59 Å². The summed E-state index contributed by atoms with van der Waals surface area (Å²) in [4.78, 5) is 37.1. The number of rotatable bonds is 5. The van der Waals surface area contributed by atoms with Gasteiger partial charge in [-0.25, -0.2) is 9.97 Å². The molecule has 6 rings (SSSR count). The van der Waals surface area contributed by atoms with Gasteiger partial charge in [-0.15, -0.1) is 0 Å². The van der Waals surface area contributed by atoms with Gasteiger partial charge in [0.1, 0.15) is 0 Å². The minimum atomic E-state index is -0.0834. The van der Waals surface area contributed by atoms with Crippen molar-refractivity contribution < 1.29 is 9.59 Å². The second-order valence-electron chi connectivity index (χ2n) is 9.60. The average molecular weight is 445 g/mol. The number of hydrogen-bond donors (Lipinski definition) is 1. The number of amides is 2. The first kappa shape index (κ1) is 20.3. The number of likely N-dealkylation sites (tertiary alicyclic amines) is 1. The molecule has 1 N–H and O–H groups in total. The van der Waals surface area contributed by atoms with Crippen molar-refractivity contribution in [3.63, 3.8) is 0 Å². The molecule has 0 spiro atoms. The van der Waals surface area contributed by atoms with Gasteiger partial charge in [0.25, 0.3) is 5.91 Å². The van der Waals surface area contributed by atoms with Gasteiger partial charge in [0.2, 0.25) is 5.91 Å². The molecule has 8 heteroatoms. The van der Waals surface area contributed by atoms with Crippen molar-refractivity contribution in [1.29, 1.82) is 0 Å². The number of nitrogens with zero attached hydrogens (tertiary/aromatic N) is 5.